The fourth-order valence-corrected chi connectivity index (χ4v) is 3.45. The summed E-state index contributed by atoms with van der Waals surface area (Å²) in [5.74, 6) is -0.833. The molecule has 1 fully saturated rings. The molecule has 1 unspecified atom stereocenters. The molecule has 7 heteroatoms. The van der Waals surface area contributed by atoms with Gasteiger partial charge >= 0.3 is 12.1 Å². The van der Waals surface area contributed by atoms with Gasteiger partial charge in [-0.3, -0.25) is 0 Å². The fourth-order valence-electron chi connectivity index (χ4n) is 3.45. The number of piperidine rings is 1. The lowest BCUT2D eigenvalue weighted by molar-refractivity contribution is -0.879. The molecule has 1 amide bonds. The summed E-state index contributed by atoms with van der Waals surface area (Å²) in [5.41, 5.74) is -0.307. The molecule has 1 aromatic carbocycles. The number of amides is 1. The number of hydrogen-bond donors (Lipinski definition) is 1. The molecule has 2 aliphatic rings. The van der Waals surface area contributed by atoms with E-state index in [4.69, 9.17) is 0 Å². The Balaban J connectivity index is 2.18. The highest BCUT2D eigenvalue weighted by Crippen LogP contribution is 2.33. The molecule has 0 radical (unpaired) electrons. The highest BCUT2D eigenvalue weighted by atomic mass is 19.4. The normalized spacial score (nSPS) is 22.2. The lowest BCUT2D eigenvalue weighted by atomic mass is 9.97. The van der Waals surface area contributed by atoms with Crippen molar-refractivity contribution in [1.82, 2.24) is 5.01 Å². The molecule has 0 saturated carbocycles. The fraction of sp³-hybridized carbons (Fsp3) is 0.368. The molecule has 1 N–H and O–H groups in total. The Morgan fingerprint density at radius 3 is 2.46 bits per heavy atom. The van der Waals surface area contributed by atoms with Crippen LogP contribution in [-0.2, 0) is 4.79 Å². The van der Waals surface area contributed by atoms with Gasteiger partial charge in [0.15, 0.2) is 11.3 Å². The van der Waals surface area contributed by atoms with Crippen LogP contribution in [0.15, 0.2) is 41.5 Å². The Hall–Kier alpha value is -2.43. The topological polar surface area (TPSA) is 48.5 Å². The van der Waals surface area contributed by atoms with Crippen LogP contribution in [0.4, 0.5) is 13.2 Å². The van der Waals surface area contributed by atoms with Gasteiger partial charge in [0.25, 0.3) is 0 Å². The number of carbonyl (C=O) groups is 1. The number of carbonyl (C=O) groups excluding carboxylic acids is 1. The van der Waals surface area contributed by atoms with Crippen molar-refractivity contribution >= 4 is 11.6 Å². The Labute approximate surface area is 149 Å². The first kappa shape index (κ1) is 18.4. The molecule has 3 rings (SSSR count). The van der Waals surface area contributed by atoms with Gasteiger partial charge in [0.2, 0.25) is 0 Å². The summed E-state index contributed by atoms with van der Waals surface area (Å²) in [6, 6.07) is 8.53. The molecule has 2 aliphatic heterocycles. The first-order chi connectivity index (χ1) is 12.3. The molecular formula is C19H19F3N3O+. The van der Waals surface area contributed by atoms with Gasteiger partial charge in [0.1, 0.15) is 6.07 Å². The second-order valence-electron chi connectivity index (χ2n) is 6.55. The van der Waals surface area contributed by atoms with Gasteiger partial charge < -0.3 is 0 Å². The van der Waals surface area contributed by atoms with Crippen LogP contribution in [-0.4, -0.2) is 30.2 Å². The van der Waals surface area contributed by atoms with Crippen molar-refractivity contribution in [2.24, 2.45) is 0 Å². The highest BCUT2D eigenvalue weighted by molar-refractivity contribution is 5.97. The first-order valence-corrected chi connectivity index (χ1v) is 8.50. The van der Waals surface area contributed by atoms with Crippen LogP contribution >= 0.6 is 0 Å². The zero-order chi connectivity index (χ0) is 18.9. The standard InChI is InChI=1S/C19H18F3N3O/c1-13-6-5-7-14(10-13)17-11-16(19(20,21)22)15(12-23)18(26)25(17)24-8-3-2-4-9-24/h5-7,10-11H,2-4,8-9H2,1H3/p+1. The number of aryl methyl sites for hydroxylation is 1. The number of quaternary nitrogens is 1. The molecule has 1 aromatic rings. The molecule has 4 nitrogen and oxygen atoms in total. The third-order valence-electron chi connectivity index (χ3n) is 4.67. The van der Waals surface area contributed by atoms with Gasteiger partial charge in [0.05, 0.1) is 5.57 Å². The summed E-state index contributed by atoms with van der Waals surface area (Å²) in [4.78, 5) is 12.9. The highest BCUT2D eigenvalue weighted by Gasteiger charge is 2.47. The lowest BCUT2D eigenvalue weighted by Crippen LogP contribution is -3.19. The Morgan fingerprint density at radius 1 is 1.19 bits per heavy atom. The minimum atomic E-state index is -4.76. The molecule has 1 saturated heterocycles. The number of nitriles is 1. The van der Waals surface area contributed by atoms with Crippen LogP contribution < -0.4 is 5.01 Å². The molecule has 0 aromatic heterocycles. The number of alkyl halides is 3. The summed E-state index contributed by atoms with van der Waals surface area (Å²) in [7, 11) is 0. The molecule has 0 aliphatic carbocycles. The quantitative estimate of drug-likeness (QED) is 0.880. The van der Waals surface area contributed by atoms with Crippen LogP contribution in [0.5, 0.6) is 0 Å². The smallest absolute Gasteiger partial charge is 0.222 e. The van der Waals surface area contributed by atoms with E-state index >= 15 is 0 Å². The third kappa shape index (κ3) is 3.43. The van der Waals surface area contributed by atoms with Crippen molar-refractivity contribution < 1.29 is 23.0 Å². The second-order valence-corrected chi connectivity index (χ2v) is 6.55. The zero-order valence-electron chi connectivity index (χ0n) is 14.4. The predicted molar refractivity (Wildman–Crippen MR) is 89.2 cm³/mol. The molecule has 0 bridgehead atoms. The van der Waals surface area contributed by atoms with Crippen LogP contribution in [0.1, 0.15) is 30.4 Å². The Morgan fingerprint density at radius 2 is 1.88 bits per heavy atom. The van der Waals surface area contributed by atoms with E-state index in [1.807, 2.05) is 18.0 Å². The van der Waals surface area contributed by atoms with Crippen molar-refractivity contribution in [3.63, 3.8) is 0 Å². The number of hydrogen-bond acceptors (Lipinski definition) is 3. The lowest BCUT2D eigenvalue weighted by Gasteiger charge is -2.34. The maximum absolute atomic E-state index is 13.5. The minimum Gasteiger partial charge on any atom is -0.222 e. The van der Waals surface area contributed by atoms with E-state index in [0.29, 0.717) is 18.7 Å². The largest absolute Gasteiger partial charge is 0.418 e. The van der Waals surface area contributed by atoms with E-state index in [9.17, 15) is 23.2 Å². The maximum Gasteiger partial charge on any atom is 0.418 e. The van der Waals surface area contributed by atoms with Gasteiger partial charge in [-0.1, -0.05) is 24.1 Å². The van der Waals surface area contributed by atoms with E-state index < -0.39 is 23.2 Å². The number of nitrogens with one attached hydrogen (secondary N) is 1. The van der Waals surface area contributed by atoms with Crippen LogP contribution in [0.25, 0.3) is 5.70 Å². The maximum atomic E-state index is 13.5. The SMILES string of the molecule is Cc1cccc(C2=CC(C(F)(F)F)=C(C#N)C(=O)[NH+]2N2CCCCC2)c1. The van der Waals surface area contributed by atoms with Gasteiger partial charge in [-0.25, -0.2) is 4.79 Å². The van der Waals surface area contributed by atoms with E-state index in [1.54, 1.807) is 18.2 Å². The first-order valence-electron chi connectivity index (χ1n) is 8.50. The van der Waals surface area contributed by atoms with Gasteiger partial charge in [-0.05, 0) is 31.9 Å². The number of halogens is 3. The molecule has 0 spiro atoms. The second kappa shape index (κ2) is 7.06. The van der Waals surface area contributed by atoms with Crippen molar-refractivity contribution in [2.45, 2.75) is 32.4 Å². The number of allylic oxidation sites excluding steroid dienone is 2. The van der Waals surface area contributed by atoms with E-state index in [-0.39, 0.29) is 10.7 Å². The average Bonchev–Trinajstić information content (AvgIpc) is 2.60. The third-order valence-corrected chi connectivity index (χ3v) is 4.67. The molecule has 136 valence electrons. The van der Waals surface area contributed by atoms with Gasteiger partial charge in [-0.2, -0.15) is 23.4 Å². The van der Waals surface area contributed by atoms with Crippen LogP contribution in [0, 0.1) is 18.3 Å². The van der Waals surface area contributed by atoms with E-state index in [0.717, 1.165) is 30.9 Å². The molecule has 26 heavy (non-hydrogen) atoms. The van der Waals surface area contributed by atoms with Crippen molar-refractivity contribution in [3.8, 4) is 6.07 Å². The Bertz CT molecular complexity index is 827. The average molecular weight is 362 g/mol. The van der Waals surface area contributed by atoms with E-state index in [1.165, 1.54) is 6.07 Å². The number of nitrogens with zero attached hydrogens (tertiary/aromatic N) is 2. The number of rotatable bonds is 2. The number of benzene rings is 1. The predicted octanol–water partition coefficient (Wildman–Crippen LogP) is 2.54. The Kier molecular flexibility index (Phi) is 4.99. The molecule has 1 atom stereocenters. The summed E-state index contributed by atoms with van der Waals surface area (Å²) in [6.45, 7) is 3.05. The summed E-state index contributed by atoms with van der Waals surface area (Å²) >= 11 is 0. The van der Waals surface area contributed by atoms with Crippen molar-refractivity contribution in [3.05, 3.63) is 52.6 Å². The molecule has 2 heterocycles. The summed E-state index contributed by atoms with van der Waals surface area (Å²) in [6.07, 6.45) is -1.04. The zero-order valence-corrected chi connectivity index (χ0v) is 14.4. The summed E-state index contributed by atoms with van der Waals surface area (Å²) in [5, 5.41) is 11.3. The van der Waals surface area contributed by atoms with Crippen LogP contribution in [0.3, 0.4) is 0 Å². The molecular weight excluding hydrogens is 343 g/mol. The van der Waals surface area contributed by atoms with Gasteiger partial charge in [0, 0.05) is 24.7 Å². The summed E-state index contributed by atoms with van der Waals surface area (Å²) < 4.78 is 40.4. The minimum absolute atomic E-state index is 0.208. The van der Waals surface area contributed by atoms with Gasteiger partial charge in [-0.15, -0.1) is 5.01 Å². The van der Waals surface area contributed by atoms with Crippen molar-refractivity contribution in [1.29, 1.82) is 5.26 Å². The monoisotopic (exact) mass is 362 g/mol. The van der Waals surface area contributed by atoms with Crippen LogP contribution in [0.2, 0.25) is 0 Å². The van der Waals surface area contributed by atoms with E-state index in [2.05, 4.69) is 0 Å². The van der Waals surface area contributed by atoms with Crippen molar-refractivity contribution in [2.75, 3.05) is 13.1 Å².